The van der Waals surface area contributed by atoms with Gasteiger partial charge in [0, 0.05) is 18.3 Å². The van der Waals surface area contributed by atoms with Gasteiger partial charge in [-0.3, -0.25) is 4.57 Å². The van der Waals surface area contributed by atoms with Crippen molar-refractivity contribution in [3.63, 3.8) is 0 Å². The van der Waals surface area contributed by atoms with Gasteiger partial charge in [0.25, 0.3) is 0 Å². The first-order valence-corrected chi connectivity index (χ1v) is 6.76. The van der Waals surface area contributed by atoms with Crippen molar-refractivity contribution >= 4 is 17.4 Å². The maximum Gasteiger partial charge on any atom is 0.164 e. The number of hydrogen-bond donors (Lipinski definition) is 1. The van der Waals surface area contributed by atoms with Crippen LogP contribution in [0.4, 0.5) is 5.82 Å². The molecule has 3 aromatic rings. The second kappa shape index (κ2) is 5.39. The molecule has 0 bridgehead atoms. The molecule has 0 amide bonds. The van der Waals surface area contributed by atoms with Crippen LogP contribution in [0.3, 0.4) is 0 Å². The predicted octanol–water partition coefficient (Wildman–Crippen LogP) is 4.23. The van der Waals surface area contributed by atoms with E-state index >= 15 is 0 Å². The Labute approximate surface area is 122 Å². The van der Waals surface area contributed by atoms with E-state index in [-0.39, 0.29) is 0 Å². The van der Waals surface area contributed by atoms with Crippen molar-refractivity contribution in [1.82, 2.24) is 9.55 Å². The van der Waals surface area contributed by atoms with E-state index in [1.165, 1.54) is 0 Å². The van der Waals surface area contributed by atoms with Gasteiger partial charge in [-0.2, -0.15) is 0 Å². The first-order chi connectivity index (χ1) is 9.81. The maximum atomic E-state index is 6.45. The molecule has 20 heavy (non-hydrogen) atoms. The molecule has 3 rings (SSSR count). The molecule has 100 valence electrons. The molecule has 0 radical (unpaired) electrons. The van der Waals surface area contributed by atoms with E-state index < -0.39 is 0 Å². The molecular weight excluding hydrogens is 270 g/mol. The lowest BCUT2D eigenvalue weighted by Gasteiger charge is -2.08. The molecule has 3 nitrogen and oxygen atoms in total. The largest absolute Gasteiger partial charge is 0.371 e. The minimum absolute atomic E-state index is 0.581. The summed E-state index contributed by atoms with van der Waals surface area (Å²) in [5.41, 5.74) is 2.02. The fraction of sp³-hybridized carbons (Fsp3) is 0.0625. The van der Waals surface area contributed by atoms with Crippen LogP contribution in [0.2, 0.25) is 5.15 Å². The number of aromatic nitrogens is 2. The lowest BCUT2D eigenvalue weighted by Crippen LogP contribution is -1.97. The SMILES string of the molecule is CNc1nc(-c2ccccc2)n(-c2ccccc2)c1Cl. The Balaban J connectivity index is 2.25. The number of para-hydroxylation sites is 1. The molecule has 0 aliphatic heterocycles. The lowest BCUT2D eigenvalue weighted by atomic mass is 10.2. The van der Waals surface area contributed by atoms with Crippen LogP contribution in [-0.4, -0.2) is 16.6 Å². The number of halogens is 1. The summed E-state index contributed by atoms with van der Waals surface area (Å²) in [6.07, 6.45) is 0. The smallest absolute Gasteiger partial charge is 0.164 e. The van der Waals surface area contributed by atoms with Crippen LogP contribution in [0.25, 0.3) is 17.1 Å². The van der Waals surface area contributed by atoms with E-state index in [9.17, 15) is 0 Å². The Kier molecular flexibility index (Phi) is 3.44. The van der Waals surface area contributed by atoms with E-state index in [1.807, 2.05) is 72.3 Å². The van der Waals surface area contributed by atoms with Crippen molar-refractivity contribution in [2.45, 2.75) is 0 Å². The molecule has 0 spiro atoms. The zero-order chi connectivity index (χ0) is 13.9. The molecule has 0 atom stereocenters. The molecule has 0 aliphatic rings. The van der Waals surface area contributed by atoms with Gasteiger partial charge in [-0.05, 0) is 12.1 Å². The first kappa shape index (κ1) is 12.8. The first-order valence-electron chi connectivity index (χ1n) is 6.38. The topological polar surface area (TPSA) is 29.9 Å². The van der Waals surface area contributed by atoms with Crippen molar-refractivity contribution in [3.05, 3.63) is 65.8 Å². The molecule has 1 N–H and O–H groups in total. The van der Waals surface area contributed by atoms with Gasteiger partial charge in [0.15, 0.2) is 11.0 Å². The molecule has 0 saturated heterocycles. The summed E-state index contributed by atoms with van der Waals surface area (Å²) in [6, 6.07) is 20.0. The van der Waals surface area contributed by atoms with Crippen LogP contribution in [0.1, 0.15) is 0 Å². The highest BCUT2D eigenvalue weighted by molar-refractivity contribution is 6.32. The highest BCUT2D eigenvalue weighted by Gasteiger charge is 2.17. The van der Waals surface area contributed by atoms with Crippen LogP contribution >= 0.6 is 11.6 Å². The third kappa shape index (κ3) is 2.17. The van der Waals surface area contributed by atoms with Crippen LogP contribution in [0, 0.1) is 0 Å². The molecule has 1 heterocycles. The molecule has 0 unspecified atom stereocenters. The van der Waals surface area contributed by atoms with E-state index in [2.05, 4.69) is 10.3 Å². The van der Waals surface area contributed by atoms with Crippen molar-refractivity contribution in [1.29, 1.82) is 0 Å². The third-order valence-electron chi connectivity index (χ3n) is 3.10. The minimum Gasteiger partial charge on any atom is -0.371 e. The fourth-order valence-corrected chi connectivity index (χ4v) is 2.47. The molecule has 0 saturated carbocycles. The standard InChI is InChI=1S/C16H14ClN3/c1-18-15-14(17)20(13-10-6-3-7-11-13)16(19-15)12-8-4-2-5-9-12/h2-11,18H,1H3. The average molecular weight is 284 g/mol. The summed E-state index contributed by atoms with van der Waals surface area (Å²) >= 11 is 6.45. The van der Waals surface area contributed by atoms with Gasteiger partial charge in [0.2, 0.25) is 0 Å². The quantitative estimate of drug-likeness (QED) is 0.779. The number of nitrogens with zero attached hydrogens (tertiary/aromatic N) is 2. The van der Waals surface area contributed by atoms with Gasteiger partial charge in [-0.1, -0.05) is 60.1 Å². The predicted molar refractivity (Wildman–Crippen MR) is 83.6 cm³/mol. The second-order valence-electron chi connectivity index (χ2n) is 4.36. The molecule has 0 aliphatic carbocycles. The van der Waals surface area contributed by atoms with Crippen molar-refractivity contribution in [2.24, 2.45) is 0 Å². The number of imidazole rings is 1. The molecule has 1 aromatic heterocycles. The number of benzene rings is 2. The Morgan fingerprint density at radius 2 is 1.55 bits per heavy atom. The maximum absolute atomic E-state index is 6.45. The fourth-order valence-electron chi connectivity index (χ4n) is 2.15. The van der Waals surface area contributed by atoms with Crippen LogP contribution in [0.15, 0.2) is 60.7 Å². The number of nitrogens with one attached hydrogen (secondary N) is 1. The summed E-state index contributed by atoms with van der Waals surface area (Å²) in [5.74, 6) is 1.50. The van der Waals surface area contributed by atoms with Crippen molar-refractivity contribution < 1.29 is 0 Å². The summed E-state index contributed by atoms with van der Waals surface area (Å²) in [4.78, 5) is 4.59. The van der Waals surface area contributed by atoms with E-state index in [4.69, 9.17) is 11.6 Å². The average Bonchev–Trinajstić information content (AvgIpc) is 2.86. The van der Waals surface area contributed by atoms with Gasteiger partial charge < -0.3 is 5.32 Å². The zero-order valence-corrected chi connectivity index (χ0v) is 11.8. The van der Waals surface area contributed by atoms with Gasteiger partial charge in [-0.25, -0.2) is 4.98 Å². The minimum atomic E-state index is 0.581. The van der Waals surface area contributed by atoms with Crippen LogP contribution < -0.4 is 5.32 Å². The normalized spacial score (nSPS) is 10.5. The molecular formula is C16H14ClN3. The molecule has 4 heteroatoms. The Morgan fingerprint density at radius 1 is 0.950 bits per heavy atom. The molecule has 0 fully saturated rings. The third-order valence-corrected chi connectivity index (χ3v) is 3.45. The van der Waals surface area contributed by atoms with Crippen molar-refractivity contribution in [3.8, 4) is 17.1 Å². The van der Waals surface area contributed by atoms with Gasteiger partial charge in [0.05, 0.1) is 0 Å². The van der Waals surface area contributed by atoms with Gasteiger partial charge in [0.1, 0.15) is 5.82 Å². The van der Waals surface area contributed by atoms with Gasteiger partial charge >= 0.3 is 0 Å². The highest BCUT2D eigenvalue weighted by atomic mass is 35.5. The van der Waals surface area contributed by atoms with Crippen LogP contribution in [-0.2, 0) is 0 Å². The van der Waals surface area contributed by atoms with Crippen molar-refractivity contribution in [2.75, 3.05) is 12.4 Å². The Hall–Kier alpha value is -2.26. The second-order valence-corrected chi connectivity index (χ2v) is 4.72. The summed E-state index contributed by atoms with van der Waals surface area (Å²) in [6.45, 7) is 0. The zero-order valence-electron chi connectivity index (χ0n) is 11.0. The summed E-state index contributed by atoms with van der Waals surface area (Å²) in [7, 11) is 1.82. The lowest BCUT2D eigenvalue weighted by molar-refractivity contribution is 1.07. The monoisotopic (exact) mass is 283 g/mol. The number of rotatable bonds is 3. The van der Waals surface area contributed by atoms with Gasteiger partial charge in [-0.15, -0.1) is 0 Å². The van der Waals surface area contributed by atoms with E-state index in [0.29, 0.717) is 11.0 Å². The summed E-state index contributed by atoms with van der Waals surface area (Å²) < 4.78 is 1.95. The number of anilines is 1. The Morgan fingerprint density at radius 3 is 2.15 bits per heavy atom. The number of hydrogen-bond acceptors (Lipinski definition) is 2. The Bertz CT molecular complexity index is 705. The highest BCUT2D eigenvalue weighted by Crippen LogP contribution is 2.32. The van der Waals surface area contributed by atoms with Crippen LogP contribution in [0.5, 0.6) is 0 Å². The molecule has 2 aromatic carbocycles. The summed E-state index contributed by atoms with van der Waals surface area (Å²) in [5, 5.41) is 3.61. The van der Waals surface area contributed by atoms with E-state index in [0.717, 1.165) is 17.1 Å². The van der Waals surface area contributed by atoms with E-state index in [1.54, 1.807) is 0 Å².